The van der Waals surface area contributed by atoms with E-state index in [-0.39, 0.29) is 17.5 Å². The molecule has 0 saturated carbocycles. The SMILES string of the molecule is Cc1cnc(-c2noc(-c3ccncc3O)n2)nc1. The maximum Gasteiger partial charge on any atom is 0.262 e. The van der Waals surface area contributed by atoms with E-state index in [0.717, 1.165) is 5.56 Å². The molecule has 7 nitrogen and oxygen atoms in total. The normalized spacial score (nSPS) is 10.6. The van der Waals surface area contributed by atoms with Gasteiger partial charge in [-0.2, -0.15) is 4.98 Å². The van der Waals surface area contributed by atoms with Gasteiger partial charge in [-0.15, -0.1) is 0 Å². The lowest BCUT2D eigenvalue weighted by Crippen LogP contribution is -1.90. The maximum absolute atomic E-state index is 9.66. The van der Waals surface area contributed by atoms with E-state index in [1.165, 1.54) is 12.4 Å². The first-order valence-electron chi connectivity index (χ1n) is 5.50. The molecular weight excluding hydrogens is 246 g/mol. The first-order valence-corrected chi connectivity index (χ1v) is 5.50. The number of aromatic nitrogens is 5. The van der Waals surface area contributed by atoms with Crippen LogP contribution in [0, 0.1) is 6.92 Å². The second-order valence-corrected chi connectivity index (χ2v) is 3.90. The zero-order chi connectivity index (χ0) is 13.2. The molecule has 0 amide bonds. The lowest BCUT2D eigenvalue weighted by Gasteiger charge is -1.96. The molecule has 0 fully saturated rings. The van der Waals surface area contributed by atoms with Crippen LogP contribution in [0.15, 0.2) is 35.4 Å². The highest BCUT2D eigenvalue weighted by molar-refractivity contribution is 5.62. The lowest BCUT2D eigenvalue weighted by atomic mass is 10.2. The van der Waals surface area contributed by atoms with Gasteiger partial charge in [-0.05, 0) is 18.6 Å². The van der Waals surface area contributed by atoms with Gasteiger partial charge in [-0.25, -0.2) is 9.97 Å². The minimum atomic E-state index is -0.0254. The molecule has 0 saturated heterocycles. The van der Waals surface area contributed by atoms with E-state index in [2.05, 4.69) is 25.1 Å². The molecule has 0 aliphatic carbocycles. The molecule has 3 heterocycles. The topological polar surface area (TPSA) is 97.8 Å². The molecular formula is C12H9N5O2. The third-order valence-corrected chi connectivity index (χ3v) is 2.44. The van der Waals surface area contributed by atoms with Gasteiger partial charge in [0, 0.05) is 18.6 Å². The van der Waals surface area contributed by atoms with Crippen LogP contribution >= 0.6 is 0 Å². The molecule has 94 valence electrons. The van der Waals surface area contributed by atoms with Crippen LogP contribution in [-0.4, -0.2) is 30.2 Å². The van der Waals surface area contributed by atoms with E-state index in [4.69, 9.17) is 4.52 Å². The average Bonchev–Trinajstić information content (AvgIpc) is 2.89. The highest BCUT2D eigenvalue weighted by Gasteiger charge is 2.15. The highest BCUT2D eigenvalue weighted by Crippen LogP contribution is 2.27. The Morgan fingerprint density at radius 1 is 1.11 bits per heavy atom. The van der Waals surface area contributed by atoms with E-state index >= 15 is 0 Å². The van der Waals surface area contributed by atoms with Gasteiger partial charge in [0.15, 0.2) is 0 Å². The van der Waals surface area contributed by atoms with Crippen molar-refractivity contribution in [3.05, 3.63) is 36.4 Å². The summed E-state index contributed by atoms with van der Waals surface area (Å²) < 4.78 is 5.09. The van der Waals surface area contributed by atoms with E-state index in [9.17, 15) is 5.11 Å². The molecule has 19 heavy (non-hydrogen) atoms. The Kier molecular flexibility index (Phi) is 2.64. The van der Waals surface area contributed by atoms with Gasteiger partial charge in [0.1, 0.15) is 5.75 Å². The molecule has 7 heteroatoms. The fourth-order valence-corrected chi connectivity index (χ4v) is 1.50. The molecule has 0 aliphatic heterocycles. The summed E-state index contributed by atoms with van der Waals surface area (Å²) in [4.78, 5) is 16.1. The first-order chi connectivity index (χ1) is 9.24. The number of aryl methyl sites for hydroxylation is 1. The van der Waals surface area contributed by atoms with Crippen LogP contribution in [0.4, 0.5) is 0 Å². The number of hydrogen-bond acceptors (Lipinski definition) is 7. The van der Waals surface area contributed by atoms with Gasteiger partial charge in [0.05, 0.1) is 11.8 Å². The number of hydrogen-bond donors (Lipinski definition) is 1. The van der Waals surface area contributed by atoms with Gasteiger partial charge in [-0.3, -0.25) is 4.98 Å². The van der Waals surface area contributed by atoms with Crippen molar-refractivity contribution in [1.82, 2.24) is 25.1 Å². The third-order valence-electron chi connectivity index (χ3n) is 2.44. The molecule has 3 aromatic rings. The molecule has 1 N–H and O–H groups in total. The second-order valence-electron chi connectivity index (χ2n) is 3.90. The largest absolute Gasteiger partial charge is 0.505 e. The fourth-order valence-electron chi connectivity index (χ4n) is 1.50. The van der Waals surface area contributed by atoms with Gasteiger partial charge in [-0.1, -0.05) is 5.16 Å². The van der Waals surface area contributed by atoms with E-state index in [0.29, 0.717) is 11.4 Å². The van der Waals surface area contributed by atoms with E-state index < -0.39 is 0 Å². The fraction of sp³-hybridized carbons (Fsp3) is 0.0833. The Morgan fingerprint density at radius 3 is 2.63 bits per heavy atom. The number of aromatic hydroxyl groups is 1. The van der Waals surface area contributed by atoms with Gasteiger partial charge < -0.3 is 9.63 Å². The molecule has 3 rings (SSSR count). The number of nitrogens with zero attached hydrogens (tertiary/aromatic N) is 5. The Bertz CT molecular complexity index is 708. The standard InChI is InChI=1S/C12H9N5O2/c1-7-4-14-10(15-5-7)11-16-12(19-17-11)8-2-3-13-6-9(8)18/h2-6,18H,1H3. The molecule has 0 aromatic carbocycles. The lowest BCUT2D eigenvalue weighted by molar-refractivity contribution is 0.425. The van der Waals surface area contributed by atoms with Crippen LogP contribution in [-0.2, 0) is 0 Å². The molecule has 0 aliphatic rings. The smallest absolute Gasteiger partial charge is 0.262 e. The van der Waals surface area contributed by atoms with Crippen LogP contribution in [0.1, 0.15) is 5.56 Å². The molecule has 3 aromatic heterocycles. The molecule has 0 unspecified atom stereocenters. The quantitative estimate of drug-likeness (QED) is 0.742. The van der Waals surface area contributed by atoms with Crippen molar-refractivity contribution in [2.75, 3.05) is 0 Å². The monoisotopic (exact) mass is 255 g/mol. The highest BCUT2D eigenvalue weighted by atomic mass is 16.5. The maximum atomic E-state index is 9.66. The summed E-state index contributed by atoms with van der Waals surface area (Å²) in [7, 11) is 0. The molecule has 0 bridgehead atoms. The minimum Gasteiger partial charge on any atom is -0.505 e. The van der Waals surface area contributed by atoms with Crippen molar-refractivity contribution in [1.29, 1.82) is 0 Å². The summed E-state index contributed by atoms with van der Waals surface area (Å²) in [5, 5.41) is 13.4. The Hall–Kier alpha value is -2.83. The average molecular weight is 255 g/mol. The molecule has 0 radical (unpaired) electrons. The summed E-state index contributed by atoms with van der Waals surface area (Å²) in [5.74, 6) is 0.807. The van der Waals surface area contributed by atoms with Crippen molar-refractivity contribution in [2.24, 2.45) is 0 Å². The van der Waals surface area contributed by atoms with E-state index in [1.807, 2.05) is 6.92 Å². The Balaban J connectivity index is 2.00. The van der Waals surface area contributed by atoms with Crippen LogP contribution in [0.5, 0.6) is 5.75 Å². The molecule has 0 atom stereocenters. The van der Waals surface area contributed by atoms with Crippen LogP contribution < -0.4 is 0 Å². The van der Waals surface area contributed by atoms with Gasteiger partial charge >= 0.3 is 0 Å². The zero-order valence-corrected chi connectivity index (χ0v) is 9.98. The summed E-state index contributed by atoms with van der Waals surface area (Å²) >= 11 is 0. The Morgan fingerprint density at radius 2 is 1.89 bits per heavy atom. The van der Waals surface area contributed by atoms with Gasteiger partial charge in [0.25, 0.3) is 5.89 Å². The third kappa shape index (κ3) is 2.13. The second kappa shape index (κ2) is 4.45. The minimum absolute atomic E-state index is 0.0254. The van der Waals surface area contributed by atoms with Crippen molar-refractivity contribution < 1.29 is 9.63 Å². The first kappa shape index (κ1) is 11.3. The van der Waals surface area contributed by atoms with Crippen LogP contribution in [0.3, 0.4) is 0 Å². The zero-order valence-electron chi connectivity index (χ0n) is 9.98. The van der Waals surface area contributed by atoms with Crippen LogP contribution in [0.25, 0.3) is 23.1 Å². The van der Waals surface area contributed by atoms with Gasteiger partial charge in [0.2, 0.25) is 11.6 Å². The predicted octanol–water partition coefficient (Wildman–Crippen LogP) is 1.60. The predicted molar refractivity (Wildman–Crippen MR) is 65.0 cm³/mol. The van der Waals surface area contributed by atoms with Crippen molar-refractivity contribution in [3.63, 3.8) is 0 Å². The van der Waals surface area contributed by atoms with Crippen molar-refractivity contribution in [3.8, 4) is 28.9 Å². The summed E-state index contributed by atoms with van der Waals surface area (Å²) in [5.41, 5.74) is 1.36. The Labute approximate surface area is 108 Å². The number of pyridine rings is 1. The summed E-state index contributed by atoms with van der Waals surface area (Å²) in [6.45, 7) is 1.89. The van der Waals surface area contributed by atoms with Crippen molar-refractivity contribution >= 4 is 0 Å². The molecule has 0 spiro atoms. The summed E-state index contributed by atoms with van der Waals surface area (Å²) in [6, 6.07) is 1.59. The number of rotatable bonds is 2. The van der Waals surface area contributed by atoms with E-state index in [1.54, 1.807) is 18.5 Å². The summed E-state index contributed by atoms with van der Waals surface area (Å²) in [6.07, 6.45) is 6.17. The van der Waals surface area contributed by atoms with Crippen LogP contribution in [0.2, 0.25) is 0 Å². The van der Waals surface area contributed by atoms with Crippen molar-refractivity contribution in [2.45, 2.75) is 6.92 Å².